The summed E-state index contributed by atoms with van der Waals surface area (Å²) < 4.78 is 47.9. The van der Waals surface area contributed by atoms with Crippen molar-refractivity contribution in [2.45, 2.75) is 18.6 Å². The molecule has 10 heteroatoms. The zero-order chi connectivity index (χ0) is 23.7. The summed E-state index contributed by atoms with van der Waals surface area (Å²) in [5.74, 6) is -0.437. The largest absolute Gasteiger partial charge is 0.491 e. The fourth-order valence-corrected chi connectivity index (χ4v) is 3.32. The SMILES string of the molecule is CSCCC(COc1ccc(-c2noc(C(F)(F)F)n2)cc1)NC(=O)/C=C/c1ccccc1. The first-order chi connectivity index (χ1) is 15.8. The first-order valence-electron chi connectivity index (χ1n) is 10.0. The number of amides is 1. The van der Waals surface area contributed by atoms with Gasteiger partial charge >= 0.3 is 12.1 Å². The molecule has 0 aliphatic heterocycles. The zero-order valence-corrected chi connectivity index (χ0v) is 18.5. The van der Waals surface area contributed by atoms with Crippen LogP contribution in [-0.4, -0.2) is 40.7 Å². The Morgan fingerprint density at radius 2 is 1.91 bits per heavy atom. The van der Waals surface area contributed by atoms with E-state index in [1.165, 1.54) is 6.08 Å². The number of thioether (sulfide) groups is 1. The average molecular weight is 478 g/mol. The molecule has 0 saturated heterocycles. The van der Waals surface area contributed by atoms with Crippen LogP contribution in [0.1, 0.15) is 17.9 Å². The summed E-state index contributed by atoms with van der Waals surface area (Å²) in [5, 5.41) is 6.30. The molecule has 3 aromatic rings. The van der Waals surface area contributed by atoms with Gasteiger partial charge in [0.15, 0.2) is 0 Å². The molecule has 0 radical (unpaired) electrons. The van der Waals surface area contributed by atoms with Crippen LogP contribution in [0.25, 0.3) is 17.5 Å². The van der Waals surface area contributed by atoms with Gasteiger partial charge < -0.3 is 14.6 Å². The van der Waals surface area contributed by atoms with Crippen molar-refractivity contribution < 1.29 is 27.2 Å². The Labute approximate surface area is 193 Å². The number of benzene rings is 2. The molecule has 1 heterocycles. The van der Waals surface area contributed by atoms with Gasteiger partial charge in [0, 0.05) is 11.6 Å². The Balaban J connectivity index is 1.57. The van der Waals surface area contributed by atoms with E-state index in [-0.39, 0.29) is 24.4 Å². The van der Waals surface area contributed by atoms with E-state index in [2.05, 4.69) is 20.0 Å². The van der Waals surface area contributed by atoms with Gasteiger partial charge in [-0.1, -0.05) is 35.5 Å². The Bertz CT molecular complexity index is 1050. The van der Waals surface area contributed by atoms with E-state index in [9.17, 15) is 18.0 Å². The molecule has 1 atom stereocenters. The lowest BCUT2D eigenvalue weighted by molar-refractivity contribution is -0.159. The van der Waals surface area contributed by atoms with Crippen LogP contribution >= 0.6 is 11.8 Å². The van der Waals surface area contributed by atoms with Gasteiger partial charge in [0.05, 0.1) is 6.04 Å². The number of hydrogen-bond donors (Lipinski definition) is 1. The van der Waals surface area contributed by atoms with E-state index in [0.717, 1.165) is 11.3 Å². The van der Waals surface area contributed by atoms with E-state index in [1.807, 2.05) is 36.6 Å². The summed E-state index contributed by atoms with van der Waals surface area (Å²) in [6, 6.07) is 15.6. The number of halogens is 3. The summed E-state index contributed by atoms with van der Waals surface area (Å²) in [6.45, 7) is 0.241. The molecule has 2 aromatic carbocycles. The third-order valence-electron chi connectivity index (χ3n) is 4.48. The fraction of sp³-hybridized carbons (Fsp3) is 0.261. The van der Waals surface area contributed by atoms with E-state index in [0.29, 0.717) is 17.7 Å². The molecule has 174 valence electrons. The minimum Gasteiger partial charge on any atom is -0.491 e. The summed E-state index contributed by atoms with van der Waals surface area (Å²) >= 11 is 1.66. The Morgan fingerprint density at radius 1 is 1.18 bits per heavy atom. The van der Waals surface area contributed by atoms with Gasteiger partial charge in [-0.25, -0.2) is 0 Å². The number of carbonyl (C=O) groups is 1. The first kappa shape index (κ1) is 24.4. The highest BCUT2D eigenvalue weighted by Gasteiger charge is 2.38. The van der Waals surface area contributed by atoms with Gasteiger partial charge in [-0.3, -0.25) is 4.79 Å². The third-order valence-corrected chi connectivity index (χ3v) is 5.12. The lowest BCUT2D eigenvalue weighted by Crippen LogP contribution is -2.38. The van der Waals surface area contributed by atoms with Crippen molar-refractivity contribution in [2.75, 3.05) is 18.6 Å². The summed E-state index contributed by atoms with van der Waals surface area (Å²) in [6.07, 6.45) is 1.23. The van der Waals surface area contributed by atoms with Crippen LogP contribution in [-0.2, 0) is 11.0 Å². The fourth-order valence-electron chi connectivity index (χ4n) is 2.80. The number of nitrogens with zero attached hydrogens (tertiary/aromatic N) is 2. The second-order valence-corrected chi connectivity index (χ2v) is 7.97. The van der Waals surface area contributed by atoms with Gasteiger partial charge in [-0.05, 0) is 54.3 Å². The maximum Gasteiger partial charge on any atom is 0.471 e. The minimum atomic E-state index is -4.69. The Morgan fingerprint density at radius 3 is 2.55 bits per heavy atom. The maximum atomic E-state index is 12.6. The summed E-state index contributed by atoms with van der Waals surface area (Å²) in [4.78, 5) is 15.7. The van der Waals surface area contributed by atoms with Crippen LogP contribution < -0.4 is 10.1 Å². The molecule has 1 N–H and O–H groups in total. The normalized spacial score (nSPS) is 12.6. The van der Waals surface area contributed by atoms with Crippen LogP contribution in [0.3, 0.4) is 0 Å². The molecule has 6 nitrogen and oxygen atoms in total. The molecular weight excluding hydrogens is 455 g/mol. The maximum absolute atomic E-state index is 12.6. The molecule has 1 aromatic heterocycles. The molecule has 0 aliphatic carbocycles. The molecule has 3 rings (SSSR count). The van der Waals surface area contributed by atoms with Crippen LogP contribution in [0.2, 0.25) is 0 Å². The second kappa shape index (κ2) is 11.6. The van der Waals surface area contributed by atoms with Crippen LogP contribution in [0.15, 0.2) is 65.2 Å². The number of carbonyl (C=O) groups excluding carboxylic acids is 1. The molecule has 0 bridgehead atoms. The third kappa shape index (κ3) is 7.67. The first-order valence-corrected chi connectivity index (χ1v) is 11.4. The second-order valence-electron chi connectivity index (χ2n) is 6.99. The number of hydrogen-bond acceptors (Lipinski definition) is 6. The highest BCUT2D eigenvalue weighted by Crippen LogP contribution is 2.29. The quantitative estimate of drug-likeness (QED) is 0.410. The number of aromatic nitrogens is 2. The molecule has 1 unspecified atom stereocenters. The topological polar surface area (TPSA) is 77.2 Å². The molecule has 0 fully saturated rings. The number of alkyl halides is 3. The van der Waals surface area contributed by atoms with Gasteiger partial charge in [0.1, 0.15) is 12.4 Å². The highest BCUT2D eigenvalue weighted by molar-refractivity contribution is 7.98. The van der Waals surface area contributed by atoms with Crippen LogP contribution in [0, 0.1) is 0 Å². The lowest BCUT2D eigenvalue weighted by atomic mass is 10.2. The van der Waals surface area contributed by atoms with Crippen molar-refractivity contribution in [1.82, 2.24) is 15.5 Å². The van der Waals surface area contributed by atoms with Crippen molar-refractivity contribution in [1.29, 1.82) is 0 Å². The smallest absolute Gasteiger partial charge is 0.471 e. The monoisotopic (exact) mass is 477 g/mol. The number of nitrogens with one attached hydrogen (secondary N) is 1. The zero-order valence-electron chi connectivity index (χ0n) is 17.7. The van der Waals surface area contributed by atoms with E-state index >= 15 is 0 Å². The van der Waals surface area contributed by atoms with Crippen molar-refractivity contribution in [3.63, 3.8) is 0 Å². The van der Waals surface area contributed by atoms with Crippen molar-refractivity contribution in [2.24, 2.45) is 0 Å². The molecular formula is C23H22F3N3O3S. The molecule has 0 saturated carbocycles. The van der Waals surface area contributed by atoms with Gasteiger partial charge in [-0.15, -0.1) is 0 Å². The molecule has 1 amide bonds. The van der Waals surface area contributed by atoms with Gasteiger partial charge in [0.2, 0.25) is 11.7 Å². The van der Waals surface area contributed by atoms with Crippen molar-refractivity contribution in [3.8, 4) is 17.1 Å². The van der Waals surface area contributed by atoms with E-state index in [4.69, 9.17) is 4.74 Å². The van der Waals surface area contributed by atoms with Crippen LogP contribution in [0.4, 0.5) is 13.2 Å². The van der Waals surface area contributed by atoms with E-state index < -0.39 is 12.1 Å². The van der Waals surface area contributed by atoms with Crippen LogP contribution in [0.5, 0.6) is 5.75 Å². The van der Waals surface area contributed by atoms with Gasteiger partial charge in [-0.2, -0.15) is 29.9 Å². The molecule has 33 heavy (non-hydrogen) atoms. The predicted octanol–water partition coefficient (Wildman–Crippen LogP) is 5.09. The Hall–Kier alpha value is -3.27. The number of ether oxygens (including phenoxy) is 1. The summed E-state index contributed by atoms with van der Waals surface area (Å²) in [7, 11) is 0. The average Bonchev–Trinajstić information content (AvgIpc) is 3.31. The molecule has 0 aliphatic rings. The highest BCUT2D eigenvalue weighted by atomic mass is 32.2. The summed E-state index contributed by atoms with van der Waals surface area (Å²) in [5.41, 5.74) is 1.29. The Kier molecular flexibility index (Phi) is 8.53. The van der Waals surface area contributed by atoms with E-state index in [1.54, 1.807) is 42.1 Å². The van der Waals surface area contributed by atoms with Gasteiger partial charge in [0.25, 0.3) is 0 Å². The lowest BCUT2D eigenvalue weighted by Gasteiger charge is -2.18. The van der Waals surface area contributed by atoms with Crippen molar-refractivity contribution in [3.05, 3.63) is 72.1 Å². The minimum absolute atomic E-state index is 0.163. The standard InChI is InChI=1S/C23H22F3N3O3S/c1-33-14-13-18(27-20(30)12-7-16-5-3-2-4-6-16)15-31-19-10-8-17(9-11-19)21-28-22(32-29-21)23(24,25)26/h2-12,18H,13-15H2,1H3,(H,27,30)/b12-7+. The molecule has 0 spiro atoms. The number of rotatable bonds is 10. The van der Waals surface area contributed by atoms with Crippen molar-refractivity contribution >= 4 is 23.7 Å². The predicted molar refractivity (Wildman–Crippen MR) is 121 cm³/mol.